The number of aromatic nitrogens is 2. The van der Waals surface area contributed by atoms with Crippen LogP contribution in [0.5, 0.6) is 0 Å². The highest BCUT2D eigenvalue weighted by Crippen LogP contribution is 2.35. The summed E-state index contributed by atoms with van der Waals surface area (Å²) < 4.78 is 1.95. The Morgan fingerprint density at radius 2 is 2.33 bits per heavy atom. The van der Waals surface area contributed by atoms with E-state index in [1.165, 1.54) is 21.1 Å². The van der Waals surface area contributed by atoms with Crippen LogP contribution in [0.2, 0.25) is 0 Å². The lowest BCUT2D eigenvalue weighted by Gasteiger charge is -1.96. The van der Waals surface area contributed by atoms with Crippen LogP contribution in [0.3, 0.4) is 0 Å². The van der Waals surface area contributed by atoms with Gasteiger partial charge in [-0.15, -0.1) is 11.3 Å². The number of rotatable bonds is 1. The smallest absolute Gasteiger partial charge is 0.127 e. The molecule has 2 aromatic heterocycles. The first-order chi connectivity index (χ1) is 7.25. The summed E-state index contributed by atoms with van der Waals surface area (Å²) in [5, 5.41) is 7.95. The van der Waals surface area contributed by atoms with Crippen LogP contribution in [0.1, 0.15) is 10.4 Å². The fraction of sp³-hybridized carbons (Fsp3) is 0.364. The molecule has 0 radical (unpaired) electrons. The largest absolute Gasteiger partial charge is 0.370 e. The van der Waals surface area contributed by atoms with Gasteiger partial charge >= 0.3 is 0 Å². The van der Waals surface area contributed by atoms with E-state index in [1.807, 2.05) is 23.1 Å². The number of anilines is 1. The molecule has 0 aliphatic carbocycles. The lowest BCUT2D eigenvalue weighted by molar-refractivity contribution is 0.776. The summed E-state index contributed by atoms with van der Waals surface area (Å²) in [6, 6.07) is 4.32. The molecule has 1 N–H and O–H groups in total. The van der Waals surface area contributed by atoms with Crippen LogP contribution >= 0.6 is 11.3 Å². The van der Waals surface area contributed by atoms with Crippen molar-refractivity contribution >= 4 is 17.2 Å². The van der Waals surface area contributed by atoms with E-state index in [2.05, 4.69) is 29.5 Å². The summed E-state index contributed by atoms with van der Waals surface area (Å²) in [4.78, 5) is 2.63. The van der Waals surface area contributed by atoms with Crippen LogP contribution in [0.25, 0.3) is 10.6 Å². The third kappa shape index (κ3) is 1.28. The second-order valence-corrected chi connectivity index (χ2v) is 5.17. The molecule has 3 heterocycles. The fourth-order valence-corrected chi connectivity index (χ4v) is 2.97. The topological polar surface area (TPSA) is 29.9 Å². The molecule has 3 rings (SSSR count). The van der Waals surface area contributed by atoms with Gasteiger partial charge in [0.25, 0.3) is 0 Å². The molecule has 4 heteroatoms. The molecule has 3 nitrogen and oxygen atoms in total. The van der Waals surface area contributed by atoms with Gasteiger partial charge in [0.05, 0.1) is 4.88 Å². The highest BCUT2D eigenvalue weighted by atomic mass is 32.1. The van der Waals surface area contributed by atoms with Gasteiger partial charge in [0, 0.05) is 24.0 Å². The zero-order chi connectivity index (χ0) is 10.4. The van der Waals surface area contributed by atoms with Crippen molar-refractivity contribution in [2.75, 3.05) is 11.9 Å². The molecule has 0 unspecified atom stereocenters. The van der Waals surface area contributed by atoms with E-state index in [-0.39, 0.29) is 0 Å². The van der Waals surface area contributed by atoms with Crippen LogP contribution in [0.4, 0.5) is 5.82 Å². The minimum atomic E-state index is 1.04. The molecule has 0 saturated carbocycles. The maximum Gasteiger partial charge on any atom is 0.127 e. The Morgan fingerprint density at radius 3 is 3.07 bits per heavy atom. The van der Waals surface area contributed by atoms with Crippen LogP contribution in [-0.4, -0.2) is 16.3 Å². The lowest BCUT2D eigenvalue weighted by atomic mass is 10.2. The number of hydrogen-bond donors (Lipinski definition) is 1. The summed E-state index contributed by atoms with van der Waals surface area (Å²) in [5.74, 6) is 1.19. The second-order valence-electron chi connectivity index (χ2n) is 3.89. The normalized spacial score (nSPS) is 14.0. The number of fused-ring (bicyclic) bond motifs is 1. The highest BCUT2D eigenvalue weighted by molar-refractivity contribution is 7.15. The zero-order valence-electron chi connectivity index (χ0n) is 8.87. The first kappa shape index (κ1) is 8.97. The van der Waals surface area contributed by atoms with Crippen molar-refractivity contribution in [1.82, 2.24) is 9.78 Å². The average molecular weight is 219 g/mol. The van der Waals surface area contributed by atoms with E-state index in [0.29, 0.717) is 0 Å². The number of nitrogens with zero attached hydrogens (tertiary/aromatic N) is 2. The van der Waals surface area contributed by atoms with E-state index in [4.69, 9.17) is 0 Å². The molecule has 0 atom stereocenters. The predicted octanol–water partition coefficient (Wildman–Crippen LogP) is 2.43. The van der Waals surface area contributed by atoms with Crippen LogP contribution in [0, 0.1) is 6.92 Å². The van der Waals surface area contributed by atoms with Crippen molar-refractivity contribution in [3.63, 3.8) is 0 Å². The van der Waals surface area contributed by atoms with Crippen molar-refractivity contribution in [3.05, 3.63) is 22.6 Å². The number of thiophene rings is 1. The van der Waals surface area contributed by atoms with E-state index in [1.54, 1.807) is 0 Å². The third-order valence-corrected chi connectivity index (χ3v) is 3.79. The van der Waals surface area contributed by atoms with Gasteiger partial charge < -0.3 is 5.32 Å². The van der Waals surface area contributed by atoms with E-state index in [9.17, 15) is 0 Å². The standard InChI is InChI=1S/C11H13N3S/c1-7-3-4-9(15-7)10-8-5-6-12-11(8)14(2)13-10/h3-4,12H,5-6H2,1-2H3. The molecular weight excluding hydrogens is 206 g/mol. The Hall–Kier alpha value is -1.29. The van der Waals surface area contributed by atoms with Crippen LogP contribution < -0.4 is 5.32 Å². The number of aryl methyl sites for hydroxylation is 2. The summed E-state index contributed by atoms with van der Waals surface area (Å²) in [7, 11) is 2.00. The van der Waals surface area contributed by atoms with Crippen LogP contribution in [0.15, 0.2) is 12.1 Å². The van der Waals surface area contributed by atoms with E-state index < -0.39 is 0 Å². The second kappa shape index (κ2) is 3.10. The highest BCUT2D eigenvalue weighted by Gasteiger charge is 2.21. The van der Waals surface area contributed by atoms with Gasteiger partial charge in [0.1, 0.15) is 11.5 Å². The Labute approximate surface area is 92.7 Å². The molecule has 78 valence electrons. The average Bonchev–Trinajstić information content (AvgIpc) is 2.84. The molecule has 0 aromatic carbocycles. The van der Waals surface area contributed by atoms with E-state index >= 15 is 0 Å². The quantitative estimate of drug-likeness (QED) is 0.798. The molecule has 0 fully saturated rings. The molecular formula is C11H13N3S. The van der Waals surface area contributed by atoms with Crippen molar-refractivity contribution in [3.8, 4) is 10.6 Å². The summed E-state index contributed by atoms with van der Waals surface area (Å²) in [6.07, 6.45) is 1.09. The molecule has 1 aliphatic rings. The molecule has 0 bridgehead atoms. The van der Waals surface area contributed by atoms with Gasteiger partial charge in [0.15, 0.2) is 0 Å². The molecule has 2 aromatic rings. The minimum absolute atomic E-state index is 1.04. The summed E-state index contributed by atoms with van der Waals surface area (Å²) in [6.45, 7) is 3.17. The number of hydrogen-bond acceptors (Lipinski definition) is 3. The molecule has 0 amide bonds. The Kier molecular flexibility index (Phi) is 1.85. The Morgan fingerprint density at radius 1 is 1.47 bits per heavy atom. The summed E-state index contributed by atoms with van der Waals surface area (Å²) in [5.41, 5.74) is 2.54. The van der Waals surface area contributed by atoms with E-state index in [0.717, 1.165) is 18.7 Å². The molecule has 0 saturated heterocycles. The van der Waals surface area contributed by atoms with Gasteiger partial charge in [0.2, 0.25) is 0 Å². The SMILES string of the molecule is Cc1ccc(-c2nn(C)c3c2CCN3)s1. The minimum Gasteiger partial charge on any atom is -0.370 e. The molecule has 15 heavy (non-hydrogen) atoms. The first-order valence-corrected chi connectivity index (χ1v) is 5.94. The third-order valence-electron chi connectivity index (χ3n) is 2.79. The van der Waals surface area contributed by atoms with Crippen molar-refractivity contribution in [2.45, 2.75) is 13.3 Å². The number of nitrogens with one attached hydrogen (secondary N) is 1. The predicted molar refractivity (Wildman–Crippen MR) is 63.5 cm³/mol. The molecule has 0 spiro atoms. The van der Waals surface area contributed by atoms with Crippen molar-refractivity contribution < 1.29 is 0 Å². The Bertz CT molecular complexity index is 510. The van der Waals surface area contributed by atoms with Crippen molar-refractivity contribution in [1.29, 1.82) is 0 Å². The first-order valence-electron chi connectivity index (χ1n) is 5.12. The van der Waals surface area contributed by atoms with Gasteiger partial charge in [-0.3, -0.25) is 4.68 Å². The fourth-order valence-electron chi connectivity index (χ4n) is 2.09. The Balaban J connectivity index is 2.17. The molecule has 1 aliphatic heterocycles. The van der Waals surface area contributed by atoms with Gasteiger partial charge in [-0.2, -0.15) is 5.10 Å². The van der Waals surface area contributed by atoms with Crippen molar-refractivity contribution in [2.24, 2.45) is 7.05 Å². The zero-order valence-corrected chi connectivity index (χ0v) is 9.69. The maximum atomic E-state index is 4.58. The van der Waals surface area contributed by atoms with Gasteiger partial charge in [-0.1, -0.05) is 0 Å². The van der Waals surface area contributed by atoms with Gasteiger partial charge in [-0.25, -0.2) is 0 Å². The monoisotopic (exact) mass is 219 g/mol. The van der Waals surface area contributed by atoms with Crippen LogP contribution in [-0.2, 0) is 13.5 Å². The maximum absolute atomic E-state index is 4.58. The summed E-state index contributed by atoms with van der Waals surface area (Å²) >= 11 is 1.82. The van der Waals surface area contributed by atoms with Gasteiger partial charge in [-0.05, 0) is 25.5 Å². The lowest BCUT2D eigenvalue weighted by Crippen LogP contribution is -2.01.